The highest BCUT2D eigenvalue weighted by atomic mass is 16.6. The summed E-state index contributed by atoms with van der Waals surface area (Å²) in [5.41, 5.74) is 0. The predicted octanol–water partition coefficient (Wildman–Crippen LogP) is -0.673. The molecule has 2 saturated heterocycles. The van der Waals surface area contributed by atoms with Crippen molar-refractivity contribution in [1.29, 1.82) is 0 Å². The van der Waals surface area contributed by atoms with Crippen molar-refractivity contribution in [3.8, 4) is 0 Å². The molecule has 12 heavy (non-hydrogen) atoms. The van der Waals surface area contributed by atoms with Gasteiger partial charge in [-0.25, -0.2) is 4.79 Å². The van der Waals surface area contributed by atoms with Gasteiger partial charge in [0.2, 0.25) is 0 Å². The Labute approximate surface area is 69.7 Å². The van der Waals surface area contributed by atoms with Crippen molar-refractivity contribution in [2.24, 2.45) is 0 Å². The van der Waals surface area contributed by atoms with Gasteiger partial charge in [-0.15, -0.1) is 0 Å². The maximum absolute atomic E-state index is 11.1. The molecule has 5 heteroatoms. The van der Waals surface area contributed by atoms with Crippen LogP contribution in [0.2, 0.25) is 0 Å². The first-order valence-electron chi connectivity index (χ1n) is 3.99. The third kappa shape index (κ3) is 1.16. The lowest BCUT2D eigenvalue weighted by Gasteiger charge is -2.37. The number of fused-ring (bicyclic) bond motifs is 1. The Balaban J connectivity index is 2.11. The van der Waals surface area contributed by atoms with Crippen molar-refractivity contribution < 1.29 is 14.3 Å². The SMILES string of the molecule is O=C1C[C@H]2CNCCN2C(=O)O1. The molecule has 66 valence electrons. The minimum Gasteiger partial charge on any atom is -0.376 e. The molecular formula is C7H10N2O3. The van der Waals surface area contributed by atoms with Gasteiger partial charge in [-0.1, -0.05) is 0 Å². The molecule has 5 nitrogen and oxygen atoms in total. The number of nitrogens with one attached hydrogen (secondary N) is 1. The van der Waals surface area contributed by atoms with Gasteiger partial charge in [-0.2, -0.15) is 0 Å². The predicted molar refractivity (Wildman–Crippen MR) is 39.5 cm³/mol. The first kappa shape index (κ1) is 7.54. The van der Waals surface area contributed by atoms with Crippen molar-refractivity contribution >= 4 is 12.1 Å². The molecule has 1 amide bonds. The van der Waals surface area contributed by atoms with E-state index < -0.39 is 12.1 Å². The highest BCUT2D eigenvalue weighted by molar-refractivity contribution is 5.88. The summed E-state index contributed by atoms with van der Waals surface area (Å²) in [6.45, 7) is 2.11. The fourth-order valence-electron chi connectivity index (χ4n) is 1.57. The second-order valence-electron chi connectivity index (χ2n) is 3.00. The Hall–Kier alpha value is -1.10. The highest BCUT2D eigenvalue weighted by Crippen LogP contribution is 2.15. The van der Waals surface area contributed by atoms with Crippen LogP contribution in [0.4, 0.5) is 4.79 Å². The second kappa shape index (κ2) is 2.75. The van der Waals surface area contributed by atoms with Crippen molar-refractivity contribution in [2.45, 2.75) is 12.5 Å². The number of amides is 1. The van der Waals surface area contributed by atoms with Gasteiger partial charge >= 0.3 is 12.1 Å². The number of esters is 1. The van der Waals surface area contributed by atoms with Crippen LogP contribution in [0.3, 0.4) is 0 Å². The molecule has 0 spiro atoms. The van der Waals surface area contributed by atoms with Gasteiger partial charge in [-0.3, -0.25) is 4.79 Å². The molecule has 0 saturated carbocycles. The van der Waals surface area contributed by atoms with Gasteiger partial charge in [0.25, 0.3) is 0 Å². The summed E-state index contributed by atoms with van der Waals surface area (Å²) in [7, 11) is 0. The molecule has 2 heterocycles. The first-order chi connectivity index (χ1) is 5.77. The number of cyclic esters (lactones) is 2. The summed E-state index contributed by atoms with van der Waals surface area (Å²) in [5.74, 6) is -0.412. The number of hydrogen-bond acceptors (Lipinski definition) is 4. The maximum atomic E-state index is 11.1. The zero-order valence-electron chi connectivity index (χ0n) is 6.58. The lowest BCUT2D eigenvalue weighted by Crippen LogP contribution is -2.57. The fraction of sp³-hybridized carbons (Fsp3) is 0.714. The Morgan fingerprint density at radius 1 is 1.50 bits per heavy atom. The van der Waals surface area contributed by atoms with Crippen LogP contribution in [0.25, 0.3) is 0 Å². The number of carbonyl (C=O) groups excluding carboxylic acids is 2. The van der Waals surface area contributed by atoms with Crippen molar-refractivity contribution in [3.05, 3.63) is 0 Å². The Bertz CT molecular complexity index is 229. The van der Waals surface area contributed by atoms with Crippen LogP contribution in [-0.4, -0.2) is 42.6 Å². The number of carbonyl (C=O) groups is 2. The average Bonchev–Trinajstić information content (AvgIpc) is 2.04. The van der Waals surface area contributed by atoms with E-state index in [4.69, 9.17) is 0 Å². The van der Waals surface area contributed by atoms with Crippen LogP contribution in [-0.2, 0) is 9.53 Å². The summed E-state index contributed by atoms with van der Waals surface area (Å²) in [6.07, 6.45) is -0.170. The summed E-state index contributed by atoms with van der Waals surface area (Å²) in [5, 5.41) is 3.12. The van der Waals surface area contributed by atoms with E-state index in [0.29, 0.717) is 19.5 Å². The van der Waals surface area contributed by atoms with Crippen LogP contribution in [0.5, 0.6) is 0 Å². The van der Waals surface area contributed by atoms with Crippen LogP contribution >= 0.6 is 0 Å². The zero-order valence-corrected chi connectivity index (χ0v) is 6.58. The number of ether oxygens (including phenoxy) is 1. The largest absolute Gasteiger partial charge is 0.417 e. The van der Waals surface area contributed by atoms with Gasteiger partial charge in [0.05, 0.1) is 12.5 Å². The molecule has 2 rings (SSSR count). The Kier molecular flexibility index (Phi) is 1.73. The summed E-state index contributed by atoms with van der Waals surface area (Å²) < 4.78 is 4.48. The van der Waals surface area contributed by atoms with Crippen molar-refractivity contribution in [2.75, 3.05) is 19.6 Å². The zero-order chi connectivity index (χ0) is 8.55. The molecule has 2 aliphatic heterocycles. The molecule has 0 bridgehead atoms. The number of rotatable bonds is 0. The molecule has 2 fully saturated rings. The third-order valence-corrected chi connectivity index (χ3v) is 2.19. The minimum absolute atomic E-state index is 0.00694. The van der Waals surface area contributed by atoms with E-state index in [1.165, 1.54) is 0 Å². The van der Waals surface area contributed by atoms with Gasteiger partial charge in [-0.05, 0) is 0 Å². The molecule has 0 aromatic rings. The van der Waals surface area contributed by atoms with Crippen LogP contribution < -0.4 is 5.32 Å². The molecule has 0 aliphatic carbocycles. The van der Waals surface area contributed by atoms with Crippen LogP contribution in [0.1, 0.15) is 6.42 Å². The lowest BCUT2D eigenvalue weighted by molar-refractivity contribution is -0.144. The van der Waals surface area contributed by atoms with E-state index in [-0.39, 0.29) is 6.04 Å². The normalized spacial score (nSPS) is 29.7. The summed E-state index contributed by atoms with van der Waals surface area (Å²) >= 11 is 0. The van der Waals surface area contributed by atoms with Gasteiger partial charge < -0.3 is 15.0 Å². The quantitative estimate of drug-likeness (QED) is 0.387. The molecular weight excluding hydrogens is 160 g/mol. The van der Waals surface area contributed by atoms with E-state index in [2.05, 4.69) is 10.1 Å². The second-order valence-corrected chi connectivity index (χ2v) is 3.00. The first-order valence-corrected chi connectivity index (χ1v) is 3.99. The molecule has 0 unspecified atom stereocenters. The molecule has 2 aliphatic rings. The van der Waals surface area contributed by atoms with E-state index >= 15 is 0 Å². The van der Waals surface area contributed by atoms with Crippen LogP contribution in [0.15, 0.2) is 0 Å². The number of hydrogen-bond donors (Lipinski definition) is 1. The molecule has 0 aromatic carbocycles. The standard InChI is InChI=1S/C7H10N2O3/c10-6-3-5-4-8-1-2-9(5)7(11)12-6/h5,8H,1-4H2/t5-/m0/s1. The van der Waals surface area contributed by atoms with E-state index in [1.54, 1.807) is 4.90 Å². The van der Waals surface area contributed by atoms with Gasteiger partial charge in [0.1, 0.15) is 0 Å². The van der Waals surface area contributed by atoms with E-state index in [0.717, 1.165) is 6.54 Å². The summed E-state index contributed by atoms with van der Waals surface area (Å²) in [6, 6.07) is 0.00694. The van der Waals surface area contributed by atoms with E-state index in [1.807, 2.05) is 0 Å². The molecule has 0 aromatic heterocycles. The molecule has 1 atom stereocenters. The van der Waals surface area contributed by atoms with E-state index in [9.17, 15) is 9.59 Å². The monoisotopic (exact) mass is 170 g/mol. The van der Waals surface area contributed by atoms with Crippen molar-refractivity contribution in [3.63, 3.8) is 0 Å². The third-order valence-electron chi connectivity index (χ3n) is 2.19. The maximum Gasteiger partial charge on any atom is 0.417 e. The molecule has 1 N–H and O–H groups in total. The van der Waals surface area contributed by atoms with Gasteiger partial charge in [0, 0.05) is 19.6 Å². The summed E-state index contributed by atoms with van der Waals surface area (Å²) in [4.78, 5) is 23.5. The van der Waals surface area contributed by atoms with Crippen molar-refractivity contribution in [1.82, 2.24) is 10.2 Å². The smallest absolute Gasteiger partial charge is 0.376 e. The van der Waals surface area contributed by atoms with Crippen LogP contribution in [0, 0.1) is 0 Å². The fourth-order valence-corrected chi connectivity index (χ4v) is 1.57. The van der Waals surface area contributed by atoms with Gasteiger partial charge in [0.15, 0.2) is 0 Å². The Morgan fingerprint density at radius 3 is 3.17 bits per heavy atom. The average molecular weight is 170 g/mol. The number of nitrogens with zero attached hydrogens (tertiary/aromatic N) is 1. The lowest BCUT2D eigenvalue weighted by atomic mass is 10.1. The number of piperazine rings is 1. The molecule has 0 radical (unpaired) electrons. The topological polar surface area (TPSA) is 58.6 Å². The Morgan fingerprint density at radius 2 is 2.33 bits per heavy atom. The minimum atomic E-state index is -0.488. The highest BCUT2D eigenvalue weighted by Gasteiger charge is 2.35.